The lowest BCUT2D eigenvalue weighted by molar-refractivity contribution is -0.168. The highest BCUT2D eigenvalue weighted by atomic mass is 19.1. The number of benzene rings is 1. The van der Waals surface area contributed by atoms with Gasteiger partial charge in [-0.05, 0) is 18.2 Å². The van der Waals surface area contributed by atoms with Gasteiger partial charge in [0.2, 0.25) is 5.91 Å². The molecule has 1 fully saturated rings. The Balaban J connectivity index is 1.63. The maximum absolute atomic E-state index is 13.1. The van der Waals surface area contributed by atoms with Crippen LogP contribution in [0.1, 0.15) is 19.2 Å². The molecule has 1 unspecified atom stereocenters. The van der Waals surface area contributed by atoms with Gasteiger partial charge in [-0.3, -0.25) is 9.63 Å². The highest BCUT2D eigenvalue weighted by molar-refractivity contribution is 5.77. The average Bonchev–Trinajstić information content (AvgIpc) is 3.01. The number of fused-ring (bicyclic) bond motifs is 1. The van der Waals surface area contributed by atoms with E-state index in [9.17, 15) is 9.18 Å². The molecule has 0 spiro atoms. The van der Waals surface area contributed by atoms with Crippen LogP contribution in [0.2, 0.25) is 0 Å². The summed E-state index contributed by atoms with van der Waals surface area (Å²) in [6, 6.07) is 4.40. The first-order valence-corrected chi connectivity index (χ1v) is 6.69. The maximum atomic E-state index is 13.1. The molecule has 0 radical (unpaired) electrons. The van der Waals surface area contributed by atoms with E-state index in [1.165, 1.54) is 17.2 Å². The van der Waals surface area contributed by atoms with E-state index in [0.29, 0.717) is 48.8 Å². The number of hydroxylamine groups is 2. The number of hydrogen-bond donors (Lipinski definition) is 1. The van der Waals surface area contributed by atoms with Gasteiger partial charge < -0.3 is 4.98 Å². The van der Waals surface area contributed by atoms with E-state index in [1.54, 1.807) is 6.07 Å². The summed E-state index contributed by atoms with van der Waals surface area (Å²) in [5.74, 6) is 0.725. The molecule has 2 aromatic rings. The molecule has 0 aliphatic carbocycles. The quantitative estimate of drug-likeness (QED) is 0.934. The SMILES string of the molecule is CC1CON(C(=O)CCc2nc3ccc(F)cc3[nH]2)C1. The third-order valence-electron chi connectivity index (χ3n) is 3.34. The van der Waals surface area contributed by atoms with E-state index >= 15 is 0 Å². The Kier molecular flexibility index (Phi) is 3.40. The number of H-pyrrole nitrogens is 1. The number of halogens is 1. The number of hydrogen-bond acceptors (Lipinski definition) is 3. The van der Waals surface area contributed by atoms with Crippen LogP contribution in [0.3, 0.4) is 0 Å². The zero-order valence-corrected chi connectivity index (χ0v) is 11.2. The van der Waals surface area contributed by atoms with Gasteiger partial charge in [-0.2, -0.15) is 0 Å². The minimum Gasteiger partial charge on any atom is -0.342 e. The summed E-state index contributed by atoms with van der Waals surface area (Å²) in [6.07, 6.45) is 0.818. The summed E-state index contributed by atoms with van der Waals surface area (Å²) < 4.78 is 13.1. The molecule has 3 rings (SSSR count). The summed E-state index contributed by atoms with van der Waals surface area (Å²) >= 11 is 0. The van der Waals surface area contributed by atoms with Gasteiger partial charge >= 0.3 is 0 Å². The molecule has 1 aliphatic rings. The van der Waals surface area contributed by atoms with E-state index in [1.807, 2.05) is 6.92 Å². The molecule has 1 atom stereocenters. The van der Waals surface area contributed by atoms with Gasteiger partial charge in [0.25, 0.3) is 0 Å². The van der Waals surface area contributed by atoms with Gasteiger partial charge in [-0.15, -0.1) is 0 Å². The van der Waals surface area contributed by atoms with Crippen LogP contribution in [0.5, 0.6) is 0 Å². The number of aryl methyl sites for hydroxylation is 1. The molecule has 20 heavy (non-hydrogen) atoms. The summed E-state index contributed by atoms with van der Waals surface area (Å²) in [6.45, 7) is 3.28. The fourth-order valence-corrected chi connectivity index (χ4v) is 2.28. The van der Waals surface area contributed by atoms with Crippen LogP contribution in [-0.4, -0.2) is 34.1 Å². The molecule has 1 aromatic heterocycles. The van der Waals surface area contributed by atoms with Crippen molar-refractivity contribution >= 4 is 16.9 Å². The topological polar surface area (TPSA) is 58.2 Å². The number of nitrogens with zero attached hydrogens (tertiary/aromatic N) is 2. The zero-order valence-electron chi connectivity index (χ0n) is 11.2. The summed E-state index contributed by atoms with van der Waals surface area (Å²) in [5.41, 5.74) is 1.36. The first kappa shape index (κ1) is 13.1. The Morgan fingerprint density at radius 2 is 2.45 bits per heavy atom. The van der Waals surface area contributed by atoms with Crippen LogP contribution in [0.15, 0.2) is 18.2 Å². The minimum atomic E-state index is -0.303. The Hall–Kier alpha value is -1.95. The number of carbonyl (C=O) groups is 1. The molecule has 1 N–H and O–H groups in total. The van der Waals surface area contributed by atoms with Crippen molar-refractivity contribution in [3.05, 3.63) is 29.8 Å². The predicted molar refractivity (Wildman–Crippen MR) is 71.2 cm³/mol. The molecule has 1 saturated heterocycles. The highest BCUT2D eigenvalue weighted by Gasteiger charge is 2.24. The second-order valence-corrected chi connectivity index (χ2v) is 5.20. The van der Waals surface area contributed by atoms with E-state index in [4.69, 9.17) is 4.84 Å². The van der Waals surface area contributed by atoms with Crippen molar-refractivity contribution in [1.29, 1.82) is 0 Å². The van der Waals surface area contributed by atoms with Crippen molar-refractivity contribution < 1.29 is 14.0 Å². The third kappa shape index (κ3) is 2.65. The van der Waals surface area contributed by atoms with Crippen LogP contribution in [-0.2, 0) is 16.1 Å². The molecule has 1 amide bonds. The van der Waals surface area contributed by atoms with E-state index in [0.717, 1.165) is 0 Å². The molecule has 0 bridgehead atoms. The lowest BCUT2D eigenvalue weighted by Gasteiger charge is -2.13. The summed E-state index contributed by atoms with van der Waals surface area (Å²) in [4.78, 5) is 24.6. The summed E-state index contributed by atoms with van der Waals surface area (Å²) in [5, 5.41) is 1.42. The molecule has 0 saturated carbocycles. The van der Waals surface area contributed by atoms with Crippen molar-refractivity contribution in [1.82, 2.24) is 15.0 Å². The van der Waals surface area contributed by atoms with Crippen molar-refractivity contribution in [2.45, 2.75) is 19.8 Å². The summed E-state index contributed by atoms with van der Waals surface area (Å²) in [7, 11) is 0. The molecular formula is C14H16FN3O2. The van der Waals surface area contributed by atoms with Gasteiger partial charge in [-0.1, -0.05) is 6.92 Å². The first-order valence-electron chi connectivity index (χ1n) is 6.69. The lowest BCUT2D eigenvalue weighted by Crippen LogP contribution is -2.27. The van der Waals surface area contributed by atoms with Gasteiger partial charge in [0.05, 0.1) is 24.2 Å². The van der Waals surface area contributed by atoms with Crippen LogP contribution in [0, 0.1) is 11.7 Å². The fourth-order valence-electron chi connectivity index (χ4n) is 2.28. The van der Waals surface area contributed by atoms with Crippen molar-refractivity contribution in [3.8, 4) is 0 Å². The monoisotopic (exact) mass is 277 g/mol. The lowest BCUT2D eigenvalue weighted by atomic mass is 10.2. The largest absolute Gasteiger partial charge is 0.342 e. The third-order valence-corrected chi connectivity index (χ3v) is 3.34. The van der Waals surface area contributed by atoms with Crippen LogP contribution in [0.25, 0.3) is 11.0 Å². The van der Waals surface area contributed by atoms with E-state index < -0.39 is 0 Å². The van der Waals surface area contributed by atoms with Gasteiger partial charge in [0.1, 0.15) is 11.6 Å². The Labute approximate surface area is 115 Å². The van der Waals surface area contributed by atoms with Gasteiger partial charge in [0.15, 0.2) is 0 Å². The number of aromatic amines is 1. The number of rotatable bonds is 3. The fraction of sp³-hybridized carbons (Fsp3) is 0.429. The van der Waals surface area contributed by atoms with Crippen LogP contribution < -0.4 is 0 Å². The molecule has 106 valence electrons. The molecule has 1 aromatic carbocycles. The zero-order chi connectivity index (χ0) is 14.1. The average molecular weight is 277 g/mol. The Morgan fingerprint density at radius 3 is 3.20 bits per heavy atom. The van der Waals surface area contributed by atoms with Crippen molar-refractivity contribution in [2.75, 3.05) is 13.2 Å². The van der Waals surface area contributed by atoms with Gasteiger partial charge in [0, 0.05) is 18.8 Å². The maximum Gasteiger partial charge on any atom is 0.246 e. The molecule has 2 heterocycles. The number of amides is 1. The molecule has 1 aliphatic heterocycles. The normalized spacial score (nSPS) is 18.9. The number of aromatic nitrogens is 2. The van der Waals surface area contributed by atoms with E-state index in [-0.39, 0.29) is 11.7 Å². The standard InChI is InChI=1S/C14H16FN3O2/c1-9-7-18(20-8-9)14(19)5-4-13-16-11-3-2-10(15)6-12(11)17-13/h2-3,6,9H,4-5,7-8H2,1H3,(H,16,17). The van der Waals surface area contributed by atoms with Crippen molar-refractivity contribution in [2.24, 2.45) is 5.92 Å². The smallest absolute Gasteiger partial charge is 0.246 e. The molecule has 5 nitrogen and oxygen atoms in total. The second-order valence-electron chi connectivity index (χ2n) is 5.20. The highest BCUT2D eigenvalue weighted by Crippen LogP contribution is 2.16. The molecular weight excluding hydrogens is 261 g/mol. The Bertz CT molecular complexity index is 640. The second kappa shape index (κ2) is 5.20. The van der Waals surface area contributed by atoms with Gasteiger partial charge in [-0.25, -0.2) is 14.4 Å². The van der Waals surface area contributed by atoms with Crippen LogP contribution >= 0.6 is 0 Å². The first-order chi connectivity index (χ1) is 9.61. The van der Waals surface area contributed by atoms with Crippen LogP contribution in [0.4, 0.5) is 4.39 Å². The number of nitrogens with one attached hydrogen (secondary N) is 1. The Morgan fingerprint density at radius 1 is 1.60 bits per heavy atom. The number of carbonyl (C=O) groups excluding carboxylic acids is 1. The molecule has 6 heteroatoms. The predicted octanol–water partition coefficient (Wildman–Crippen LogP) is 2.04. The minimum absolute atomic E-state index is 0.0408. The van der Waals surface area contributed by atoms with Crippen molar-refractivity contribution in [3.63, 3.8) is 0 Å². The number of imidazole rings is 1. The van der Waals surface area contributed by atoms with E-state index in [2.05, 4.69) is 9.97 Å².